The van der Waals surface area contributed by atoms with Crippen LogP contribution in [0.1, 0.15) is 22.6 Å². The molecule has 4 aromatic rings. The number of para-hydroxylation sites is 1. The van der Waals surface area contributed by atoms with Gasteiger partial charge < -0.3 is 19.3 Å². The van der Waals surface area contributed by atoms with E-state index in [4.69, 9.17) is 26.7 Å². The van der Waals surface area contributed by atoms with Gasteiger partial charge in [-0.25, -0.2) is 5.84 Å². The molecular formula is C32H33ClN6O4. The SMILES string of the molecule is C=CCc1cccc(C=C(C(=O)NN)N2CCN(Cc3nc(-c4ccccc4COc4cccc(Cl)c4)no3)CC2)c1O. The molecule has 0 saturated carbocycles. The largest absolute Gasteiger partial charge is 0.507 e. The van der Waals surface area contributed by atoms with Crippen LogP contribution in [0.2, 0.25) is 5.02 Å². The predicted octanol–water partition coefficient (Wildman–Crippen LogP) is 4.55. The Kier molecular flexibility index (Phi) is 9.73. The number of benzene rings is 3. The smallest absolute Gasteiger partial charge is 0.281 e. The maximum atomic E-state index is 12.7. The molecule has 3 aromatic carbocycles. The monoisotopic (exact) mass is 600 g/mol. The first-order valence-corrected chi connectivity index (χ1v) is 14.2. The van der Waals surface area contributed by atoms with Crippen LogP contribution in [0.4, 0.5) is 0 Å². The highest BCUT2D eigenvalue weighted by molar-refractivity contribution is 6.30. The van der Waals surface area contributed by atoms with Gasteiger partial charge in [-0.3, -0.25) is 15.1 Å². The first kappa shape index (κ1) is 29.8. The summed E-state index contributed by atoms with van der Waals surface area (Å²) < 4.78 is 11.5. The van der Waals surface area contributed by atoms with Crippen molar-refractivity contribution < 1.29 is 19.2 Å². The molecule has 0 radical (unpaired) electrons. The second kappa shape index (κ2) is 14.0. The molecule has 0 aliphatic carbocycles. The molecule has 2 heterocycles. The molecule has 1 saturated heterocycles. The molecule has 222 valence electrons. The van der Waals surface area contributed by atoms with E-state index in [-0.39, 0.29) is 5.75 Å². The van der Waals surface area contributed by atoms with E-state index in [1.165, 1.54) is 0 Å². The standard InChI is InChI=1S/C32H33ClN6O4/c1-2-7-22-9-5-10-23(30(22)40)18-28(32(41)36-34)39-16-14-38(15-17-39)20-29-35-31(37-43-29)27-13-4-3-8-24(27)21-42-26-12-6-11-25(33)19-26/h2-6,8-13,18-19,40H,1,7,14-17,20-21,34H2,(H,36,41). The first-order valence-electron chi connectivity index (χ1n) is 13.9. The number of ether oxygens (including phenoxy) is 1. The van der Waals surface area contributed by atoms with Crippen LogP contribution in [-0.4, -0.2) is 57.1 Å². The van der Waals surface area contributed by atoms with Gasteiger partial charge in [0.15, 0.2) is 0 Å². The summed E-state index contributed by atoms with van der Waals surface area (Å²) in [5, 5.41) is 15.5. The van der Waals surface area contributed by atoms with E-state index in [9.17, 15) is 9.90 Å². The maximum Gasteiger partial charge on any atom is 0.281 e. The Morgan fingerprint density at radius 3 is 2.63 bits per heavy atom. The van der Waals surface area contributed by atoms with Crippen molar-refractivity contribution in [3.63, 3.8) is 0 Å². The van der Waals surface area contributed by atoms with Crippen LogP contribution >= 0.6 is 11.6 Å². The minimum atomic E-state index is -0.429. The summed E-state index contributed by atoms with van der Waals surface area (Å²) in [6.07, 6.45) is 3.90. The number of hydrogen-bond donors (Lipinski definition) is 3. The lowest BCUT2D eigenvalue weighted by atomic mass is 10.0. The number of nitrogens with two attached hydrogens (primary N) is 1. The van der Waals surface area contributed by atoms with Gasteiger partial charge in [0.1, 0.15) is 23.8 Å². The van der Waals surface area contributed by atoms with Crippen molar-refractivity contribution in [3.8, 4) is 22.9 Å². The van der Waals surface area contributed by atoms with Crippen molar-refractivity contribution in [1.82, 2.24) is 25.4 Å². The molecule has 1 fully saturated rings. The van der Waals surface area contributed by atoms with Crippen molar-refractivity contribution in [2.45, 2.75) is 19.6 Å². The molecule has 0 spiro atoms. The number of nitrogens with one attached hydrogen (secondary N) is 1. The van der Waals surface area contributed by atoms with Crippen molar-refractivity contribution >= 4 is 23.6 Å². The lowest BCUT2D eigenvalue weighted by Gasteiger charge is -2.36. The molecule has 0 atom stereocenters. The maximum absolute atomic E-state index is 12.7. The number of hydrazine groups is 1. The number of phenolic OH excluding ortho intramolecular Hbond substituents is 1. The van der Waals surface area contributed by atoms with Crippen LogP contribution in [-0.2, 0) is 24.4 Å². The summed E-state index contributed by atoms with van der Waals surface area (Å²) >= 11 is 6.08. The van der Waals surface area contributed by atoms with E-state index >= 15 is 0 Å². The Bertz CT molecular complexity index is 1610. The van der Waals surface area contributed by atoms with Crippen LogP contribution in [0, 0.1) is 0 Å². The molecule has 1 aliphatic rings. The van der Waals surface area contributed by atoms with E-state index in [0.29, 0.717) is 79.5 Å². The van der Waals surface area contributed by atoms with E-state index in [2.05, 4.69) is 27.0 Å². The topological polar surface area (TPSA) is 130 Å². The summed E-state index contributed by atoms with van der Waals surface area (Å²) in [6.45, 7) is 6.97. The number of nitrogens with zero attached hydrogens (tertiary/aromatic N) is 4. The number of halogens is 1. The fraction of sp³-hybridized carbons (Fsp3) is 0.219. The molecule has 0 bridgehead atoms. The summed E-state index contributed by atoms with van der Waals surface area (Å²) in [5.74, 6) is 6.85. The number of piperazine rings is 1. The van der Waals surface area contributed by atoms with Gasteiger partial charge in [0.2, 0.25) is 11.7 Å². The third-order valence-electron chi connectivity index (χ3n) is 7.16. The average Bonchev–Trinajstić information content (AvgIpc) is 3.49. The van der Waals surface area contributed by atoms with Gasteiger partial charge in [-0.2, -0.15) is 4.98 Å². The van der Waals surface area contributed by atoms with Gasteiger partial charge in [-0.05, 0) is 36.3 Å². The second-order valence-electron chi connectivity index (χ2n) is 10.0. The first-order chi connectivity index (χ1) is 20.9. The molecule has 1 amide bonds. The second-order valence-corrected chi connectivity index (χ2v) is 10.5. The Labute approximate surface area is 255 Å². The zero-order valence-electron chi connectivity index (χ0n) is 23.6. The lowest BCUT2D eigenvalue weighted by molar-refractivity contribution is -0.119. The highest BCUT2D eigenvalue weighted by Gasteiger charge is 2.25. The fourth-order valence-corrected chi connectivity index (χ4v) is 5.10. The van der Waals surface area contributed by atoms with Gasteiger partial charge >= 0.3 is 0 Å². The van der Waals surface area contributed by atoms with Crippen molar-refractivity contribution in [1.29, 1.82) is 0 Å². The molecule has 4 N–H and O–H groups in total. The highest BCUT2D eigenvalue weighted by atomic mass is 35.5. The lowest BCUT2D eigenvalue weighted by Crippen LogP contribution is -2.48. The minimum Gasteiger partial charge on any atom is -0.507 e. The zero-order chi connectivity index (χ0) is 30.2. The third kappa shape index (κ3) is 7.42. The Hall–Kier alpha value is -4.64. The summed E-state index contributed by atoms with van der Waals surface area (Å²) in [5.41, 5.74) is 5.62. The van der Waals surface area contributed by atoms with Crippen LogP contribution < -0.4 is 16.0 Å². The Balaban J connectivity index is 1.23. The molecule has 1 aliphatic heterocycles. The Morgan fingerprint density at radius 1 is 1.09 bits per heavy atom. The van der Waals surface area contributed by atoms with E-state index in [1.54, 1.807) is 30.4 Å². The van der Waals surface area contributed by atoms with E-state index in [1.807, 2.05) is 53.4 Å². The number of aromatic hydroxyl groups is 1. The van der Waals surface area contributed by atoms with Crippen LogP contribution in [0.5, 0.6) is 11.5 Å². The van der Waals surface area contributed by atoms with Crippen LogP contribution in [0.15, 0.2) is 89.6 Å². The van der Waals surface area contributed by atoms with Gasteiger partial charge in [-0.15, -0.1) is 6.58 Å². The molecule has 10 nitrogen and oxygen atoms in total. The molecule has 11 heteroatoms. The highest BCUT2D eigenvalue weighted by Crippen LogP contribution is 2.27. The summed E-state index contributed by atoms with van der Waals surface area (Å²) in [6, 6.07) is 20.4. The summed E-state index contributed by atoms with van der Waals surface area (Å²) in [7, 11) is 0. The normalized spacial score (nSPS) is 14.0. The zero-order valence-corrected chi connectivity index (χ0v) is 24.3. The van der Waals surface area contributed by atoms with Crippen molar-refractivity contribution in [2.75, 3.05) is 26.2 Å². The quantitative estimate of drug-likeness (QED) is 0.0746. The number of hydrogen-bond acceptors (Lipinski definition) is 9. The fourth-order valence-electron chi connectivity index (χ4n) is 4.92. The van der Waals surface area contributed by atoms with E-state index < -0.39 is 5.91 Å². The van der Waals surface area contributed by atoms with Gasteiger partial charge in [0.25, 0.3) is 5.91 Å². The minimum absolute atomic E-state index is 0.119. The van der Waals surface area contributed by atoms with Gasteiger partial charge in [0.05, 0.1) is 6.54 Å². The number of amides is 1. The third-order valence-corrected chi connectivity index (χ3v) is 7.39. The number of allylic oxidation sites excluding steroid dienone is 1. The van der Waals surface area contributed by atoms with E-state index in [0.717, 1.165) is 16.7 Å². The number of rotatable bonds is 11. The molecular weight excluding hydrogens is 568 g/mol. The predicted molar refractivity (Wildman–Crippen MR) is 165 cm³/mol. The van der Waals surface area contributed by atoms with Gasteiger partial charge in [0, 0.05) is 47.9 Å². The van der Waals surface area contributed by atoms with Crippen LogP contribution in [0.25, 0.3) is 17.5 Å². The van der Waals surface area contributed by atoms with Gasteiger partial charge in [-0.1, -0.05) is 71.4 Å². The molecule has 43 heavy (non-hydrogen) atoms. The number of aromatic nitrogens is 2. The van der Waals surface area contributed by atoms with Crippen molar-refractivity contribution in [2.24, 2.45) is 5.84 Å². The molecule has 1 aromatic heterocycles. The molecule has 0 unspecified atom stereocenters. The summed E-state index contributed by atoms with van der Waals surface area (Å²) in [4.78, 5) is 21.5. The van der Waals surface area contributed by atoms with Crippen molar-refractivity contribution in [3.05, 3.63) is 113 Å². The number of carbonyl (C=O) groups is 1. The Morgan fingerprint density at radius 2 is 1.86 bits per heavy atom. The molecule has 5 rings (SSSR count). The number of carbonyl (C=O) groups excluding carboxylic acids is 1. The van der Waals surface area contributed by atoms with Crippen LogP contribution in [0.3, 0.4) is 0 Å². The average molecular weight is 601 g/mol. The number of phenols is 1.